The van der Waals surface area contributed by atoms with E-state index in [2.05, 4.69) is 5.32 Å². The van der Waals surface area contributed by atoms with Crippen LogP contribution in [0, 0.1) is 0 Å². The molecule has 1 aliphatic rings. The molecule has 0 bridgehead atoms. The normalized spacial score (nSPS) is 16.9. The zero-order chi connectivity index (χ0) is 21.7. The predicted octanol–water partition coefficient (Wildman–Crippen LogP) is 2.83. The fraction of sp³-hybridized carbons (Fsp3) is 0.409. The van der Waals surface area contributed by atoms with Gasteiger partial charge in [0, 0.05) is 32.7 Å². The maximum atomic E-state index is 12.6. The van der Waals surface area contributed by atoms with Crippen LogP contribution in [0.25, 0.3) is 0 Å². The van der Waals surface area contributed by atoms with Gasteiger partial charge in [0.05, 0.1) is 6.04 Å². The van der Waals surface area contributed by atoms with Crippen LogP contribution >= 0.6 is 0 Å². The molecule has 8 heteroatoms. The molecule has 2 aromatic carbocycles. The third-order valence-electron chi connectivity index (χ3n) is 5.23. The molecule has 0 radical (unpaired) electrons. The van der Waals surface area contributed by atoms with E-state index in [0.29, 0.717) is 37.2 Å². The maximum Gasteiger partial charge on any atom is 0.281 e. The van der Waals surface area contributed by atoms with Gasteiger partial charge in [-0.2, -0.15) is 17.0 Å². The van der Waals surface area contributed by atoms with Crippen LogP contribution in [0.1, 0.15) is 41.7 Å². The van der Waals surface area contributed by atoms with Gasteiger partial charge in [0.1, 0.15) is 11.9 Å². The summed E-state index contributed by atoms with van der Waals surface area (Å²) < 4.78 is 33.2. The van der Waals surface area contributed by atoms with Crippen LogP contribution in [-0.2, 0) is 10.2 Å². The molecule has 1 atom stereocenters. The molecule has 1 amide bonds. The van der Waals surface area contributed by atoms with Crippen LogP contribution in [0.5, 0.6) is 5.75 Å². The summed E-state index contributed by atoms with van der Waals surface area (Å²) in [6, 6.07) is 16.8. The Morgan fingerprint density at radius 2 is 1.77 bits per heavy atom. The average Bonchev–Trinajstić information content (AvgIpc) is 2.75. The Labute approximate surface area is 178 Å². The van der Waals surface area contributed by atoms with E-state index < -0.39 is 10.2 Å². The third kappa shape index (κ3) is 5.38. The molecule has 1 heterocycles. The molecule has 1 aliphatic heterocycles. The van der Waals surface area contributed by atoms with E-state index in [1.165, 1.54) is 22.7 Å². The number of carbonyl (C=O) groups excluding carboxylic acids is 1. The molecule has 0 spiro atoms. The third-order valence-corrected chi connectivity index (χ3v) is 7.18. The predicted molar refractivity (Wildman–Crippen MR) is 117 cm³/mol. The van der Waals surface area contributed by atoms with Crippen LogP contribution in [0.2, 0.25) is 0 Å². The average molecular weight is 432 g/mol. The molecule has 0 unspecified atom stereocenters. The molecule has 162 valence electrons. The van der Waals surface area contributed by atoms with Gasteiger partial charge in [0.15, 0.2) is 0 Å². The Morgan fingerprint density at radius 3 is 2.40 bits per heavy atom. The van der Waals surface area contributed by atoms with Crippen LogP contribution in [0.15, 0.2) is 54.6 Å². The molecule has 30 heavy (non-hydrogen) atoms. The SMILES string of the molecule is C[C@@H](NC(=O)c1cccc(OC2CCN(S(=O)(=O)N(C)C)CC2)c1)c1ccccc1. The first-order valence-corrected chi connectivity index (χ1v) is 11.5. The molecule has 7 nitrogen and oxygen atoms in total. The number of hydrogen-bond acceptors (Lipinski definition) is 4. The summed E-state index contributed by atoms with van der Waals surface area (Å²) in [4.78, 5) is 12.6. The lowest BCUT2D eigenvalue weighted by molar-refractivity contribution is 0.0937. The van der Waals surface area contributed by atoms with E-state index in [9.17, 15) is 13.2 Å². The van der Waals surface area contributed by atoms with Crippen molar-refractivity contribution in [3.63, 3.8) is 0 Å². The largest absolute Gasteiger partial charge is 0.490 e. The molecule has 1 saturated heterocycles. The highest BCUT2D eigenvalue weighted by atomic mass is 32.2. The monoisotopic (exact) mass is 431 g/mol. The Balaban J connectivity index is 1.58. The summed E-state index contributed by atoms with van der Waals surface area (Å²) in [5, 5.41) is 3.00. The minimum atomic E-state index is -3.39. The molecule has 0 aliphatic carbocycles. The molecule has 0 aromatic heterocycles. The zero-order valence-corrected chi connectivity index (χ0v) is 18.4. The molecule has 2 aromatic rings. The highest BCUT2D eigenvalue weighted by Crippen LogP contribution is 2.22. The Kier molecular flexibility index (Phi) is 7.12. The standard InChI is InChI=1S/C22H29N3O4S/c1-17(18-8-5-4-6-9-18)23-22(26)19-10-7-11-21(16-19)29-20-12-14-25(15-13-20)30(27,28)24(2)3/h4-11,16-17,20H,12-15H2,1-3H3,(H,23,26)/t17-/m1/s1. The summed E-state index contributed by atoms with van der Waals surface area (Å²) in [6.45, 7) is 2.78. The second kappa shape index (κ2) is 9.59. The molecule has 1 fully saturated rings. The smallest absolute Gasteiger partial charge is 0.281 e. The number of hydrogen-bond donors (Lipinski definition) is 1. The zero-order valence-electron chi connectivity index (χ0n) is 17.6. The lowest BCUT2D eigenvalue weighted by Crippen LogP contribution is -2.46. The Bertz CT molecular complexity index is 955. The molecular formula is C22H29N3O4S. The van der Waals surface area contributed by atoms with E-state index in [-0.39, 0.29) is 18.1 Å². The van der Waals surface area contributed by atoms with Crippen molar-refractivity contribution in [2.24, 2.45) is 0 Å². The van der Waals surface area contributed by atoms with Gasteiger partial charge in [-0.3, -0.25) is 4.79 Å². The first kappa shape index (κ1) is 22.3. The van der Waals surface area contributed by atoms with Crippen LogP contribution in [0.3, 0.4) is 0 Å². The van der Waals surface area contributed by atoms with E-state index in [1.807, 2.05) is 43.3 Å². The van der Waals surface area contributed by atoms with E-state index >= 15 is 0 Å². The van der Waals surface area contributed by atoms with Gasteiger partial charge < -0.3 is 10.1 Å². The first-order valence-electron chi connectivity index (χ1n) is 10.1. The number of benzene rings is 2. The summed E-state index contributed by atoms with van der Waals surface area (Å²) in [5.74, 6) is 0.452. The number of amides is 1. The quantitative estimate of drug-likeness (QED) is 0.731. The van der Waals surface area contributed by atoms with Crippen molar-refractivity contribution in [2.75, 3.05) is 27.2 Å². The van der Waals surface area contributed by atoms with E-state index in [1.54, 1.807) is 18.2 Å². The fourth-order valence-corrected chi connectivity index (χ4v) is 4.55. The maximum absolute atomic E-state index is 12.6. The summed E-state index contributed by atoms with van der Waals surface area (Å²) in [7, 11) is -0.321. The van der Waals surface area contributed by atoms with Crippen molar-refractivity contribution in [3.8, 4) is 5.75 Å². The van der Waals surface area contributed by atoms with Crippen molar-refractivity contribution in [1.82, 2.24) is 13.9 Å². The molecule has 0 saturated carbocycles. The van der Waals surface area contributed by atoms with Crippen LogP contribution < -0.4 is 10.1 Å². The number of rotatable bonds is 7. The molecule has 3 rings (SSSR count). The summed E-state index contributed by atoms with van der Waals surface area (Å²) >= 11 is 0. The lowest BCUT2D eigenvalue weighted by atomic mass is 10.1. The van der Waals surface area contributed by atoms with Crippen molar-refractivity contribution in [3.05, 3.63) is 65.7 Å². The van der Waals surface area contributed by atoms with E-state index in [4.69, 9.17) is 4.74 Å². The fourth-order valence-electron chi connectivity index (χ4n) is 3.42. The van der Waals surface area contributed by atoms with Gasteiger partial charge >= 0.3 is 0 Å². The number of ether oxygens (including phenoxy) is 1. The Morgan fingerprint density at radius 1 is 1.10 bits per heavy atom. The van der Waals surface area contributed by atoms with Gasteiger partial charge in [-0.1, -0.05) is 36.4 Å². The molecular weight excluding hydrogens is 402 g/mol. The van der Waals surface area contributed by atoms with Crippen molar-refractivity contribution >= 4 is 16.1 Å². The number of nitrogens with zero attached hydrogens (tertiary/aromatic N) is 2. The topological polar surface area (TPSA) is 79.0 Å². The minimum Gasteiger partial charge on any atom is -0.490 e. The van der Waals surface area contributed by atoms with Gasteiger partial charge in [-0.05, 0) is 43.5 Å². The van der Waals surface area contributed by atoms with Crippen LogP contribution in [0.4, 0.5) is 0 Å². The van der Waals surface area contributed by atoms with Gasteiger partial charge in [0.25, 0.3) is 16.1 Å². The number of piperidine rings is 1. The second-order valence-electron chi connectivity index (χ2n) is 7.64. The van der Waals surface area contributed by atoms with Crippen molar-refractivity contribution in [2.45, 2.75) is 31.9 Å². The lowest BCUT2D eigenvalue weighted by Gasteiger charge is -2.32. The van der Waals surface area contributed by atoms with Crippen molar-refractivity contribution < 1.29 is 17.9 Å². The van der Waals surface area contributed by atoms with Crippen molar-refractivity contribution in [1.29, 1.82) is 0 Å². The number of nitrogens with one attached hydrogen (secondary N) is 1. The van der Waals surface area contributed by atoms with Gasteiger partial charge in [0.2, 0.25) is 0 Å². The Hall–Kier alpha value is -2.42. The highest BCUT2D eigenvalue weighted by molar-refractivity contribution is 7.86. The number of carbonyl (C=O) groups is 1. The highest BCUT2D eigenvalue weighted by Gasteiger charge is 2.30. The van der Waals surface area contributed by atoms with Gasteiger partial charge in [-0.25, -0.2) is 0 Å². The van der Waals surface area contributed by atoms with Gasteiger partial charge in [-0.15, -0.1) is 0 Å². The minimum absolute atomic E-state index is 0.0832. The summed E-state index contributed by atoms with van der Waals surface area (Å²) in [6.07, 6.45) is 1.13. The summed E-state index contributed by atoms with van der Waals surface area (Å²) in [5.41, 5.74) is 1.57. The van der Waals surface area contributed by atoms with Crippen LogP contribution in [-0.4, -0.2) is 56.2 Å². The second-order valence-corrected chi connectivity index (χ2v) is 9.78. The molecule has 1 N–H and O–H groups in total. The first-order chi connectivity index (χ1) is 14.3. The van der Waals surface area contributed by atoms with E-state index in [0.717, 1.165) is 5.56 Å².